The topological polar surface area (TPSA) is 50.8 Å². The van der Waals surface area contributed by atoms with Gasteiger partial charge in [0.25, 0.3) is 0 Å². The number of likely N-dealkylation sites (tertiary alicyclic amines) is 1. The molecule has 0 bridgehead atoms. The van der Waals surface area contributed by atoms with E-state index in [1.165, 1.54) is 0 Å². The maximum absolute atomic E-state index is 11.6. The van der Waals surface area contributed by atoms with Crippen molar-refractivity contribution in [2.24, 2.45) is 0 Å². The molecule has 1 aliphatic rings. The molecule has 1 aliphatic heterocycles. The predicted molar refractivity (Wildman–Crippen MR) is 82.9 cm³/mol. The van der Waals surface area contributed by atoms with Crippen molar-refractivity contribution in [3.63, 3.8) is 0 Å². The van der Waals surface area contributed by atoms with Crippen LogP contribution in [0, 0.1) is 0 Å². The Kier molecular flexibility index (Phi) is 5.72. The van der Waals surface area contributed by atoms with Crippen molar-refractivity contribution in [3.8, 4) is 5.75 Å². The third kappa shape index (κ3) is 4.55. The minimum Gasteiger partial charge on any atom is -0.494 e. The fraction of sp³-hybridized carbons (Fsp3) is 0.562. The summed E-state index contributed by atoms with van der Waals surface area (Å²) in [6.07, 6.45) is 1.68. The molecule has 1 saturated heterocycles. The van der Waals surface area contributed by atoms with E-state index in [-0.39, 0.29) is 6.09 Å². The molecule has 1 fully saturated rings. The van der Waals surface area contributed by atoms with Crippen LogP contribution in [0.4, 0.5) is 10.5 Å². The minimum absolute atomic E-state index is 0.197. The van der Waals surface area contributed by atoms with Gasteiger partial charge in [-0.05, 0) is 51.0 Å². The molecule has 5 heteroatoms. The highest BCUT2D eigenvalue weighted by Gasteiger charge is 2.23. The zero-order chi connectivity index (χ0) is 15.1. The SMILES string of the molecule is CCOC(=O)N1CCC(Nc2ccc(OCC)cc2)CC1. The standard InChI is InChI=1S/C16H24N2O3/c1-3-20-15-7-5-13(6-8-15)17-14-9-11-18(12-10-14)16(19)21-4-2/h5-8,14,17H,3-4,9-12H2,1-2H3. The Bertz CT molecular complexity index is 439. The highest BCUT2D eigenvalue weighted by Crippen LogP contribution is 2.20. The van der Waals surface area contributed by atoms with Crippen LogP contribution in [0.5, 0.6) is 5.75 Å². The quantitative estimate of drug-likeness (QED) is 0.906. The van der Waals surface area contributed by atoms with Gasteiger partial charge in [-0.1, -0.05) is 0 Å². The van der Waals surface area contributed by atoms with Gasteiger partial charge in [0, 0.05) is 24.8 Å². The molecule has 5 nitrogen and oxygen atoms in total. The Morgan fingerprint density at radius 2 is 1.86 bits per heavy atom. The lowest BCUT2D eigenvalue weighted by Gasteiger charge is -2.32. The van der Waals surface area contributed by atoms with Crippen LogP contribution in [-0.2, 0) is 4.74 Å². The molecule has 0 atom stereocenters. The summed E-state index contributed by atoms with van der Waals surface area (Å²) in [6.45, 7) is 6.41. The normalized spacial score (nSPS) is 15.6. The third-order valence-corrected chi connectivity index (χ3v) is 3.56. The lowest BCUT2D eigenvalue weighted by molar-refractivity contribution is 0.0983. The summed E-state index contributed by atoms with van der Waals surface area (Å²) < 4.78 is 10.5. The van der Waals surface area contributed by atoms with Crippen LogP contribution in [0.25, 0.3) is 0 Å². The van der Waals surface area contributed by atoms with Gasteiger partial charge in [0.05, 0.1) is 13.2 Å². The second-order valence-electron chi connectivity index (χ2n) is 5.06. The molecule has 1 heterocycles. The number of carbonyl (C=O) groups excluding carboxylic acids is 1. The van der Waals surface area contributed by atoms with Gasteiger partial charge in [-0.15, -0.1) is 0 Å². The van der Waals surface area contributed by atoms with Crippen LogP contribution in [0.2, 0.25) is 0 Å². The summed E-state index contributed by atoms with van der Waals surface area (Å²) in [7, 11) is 0. The largest absolute Gasteiger partial charge is 0.494 e. The van der Waals surface area contributed by atoms with Crippen molar-refractivity contribution in [2.45, 2.75) is 32.7 Å². The molecule has 1 aromatic carbocycles. The third-order valence-electron chi connectivity index (χ3n) is 3.56. The van der Waals surface area contributed by atoms with Crippen LogP contribution < -0.4 is 10.1 Å². The zero-order valence-corrected chi connectivity index (χ0v) is 12.8. The number of benzene rings is 1. The van der Waals surface area contributed by atoms with E-state index < -0.39 is 0 Å². The van der Waals surface area contributed by atoms with E-state index in [1.807, 2.05) is 38.1 Å². The molecular formula is C16H24N2O3. The van der Waals surface area contributed by atoms with Crippen molar-refractivity contribution in [1.29, 1.82) is 0 Å². The molecule has 116 valence electrons. The van der Waals surface area contributed by atoms with Gasteiger partial charge in [0.2, 0.25) is 0 Å². The maximum atomic E-state index is 11.6. The molecule has 21 heavy (non-hydrogen) atoms. The van der Waals surface area contributed by atoms with Gasteiger partial charge in [0.1, 0.15) is 5.75 Å². The zero-order valence-electron chi connectivity index (χ0n) is 12.8. The molecule has 0 saturated carbocycles. The van der Waals surface area contributed by atoms with Crippen molar-refractivity contribution >= 4 is 11.8 Å². The molecule has 0 aliphatic carbocycles. The lowest BCUT2D eigenvalue weighted by atomic mass is 10.1. The Balaban J connectivity index is 1.79. The molecule has 2 rings (SSSR count). The summed E-state index contributed by atoms with van der Waals surface area (Å²) in [4.78, 5) is 13.4. The predicted octanol–water partition coefficient (Wildman–Crippen LogP) is 3.12. The molecule has 1 aromatic rings. The number of amides is 1. The van der Waals surface area contributed by atoms with Crippen molar-refractivity contribution in [3.05, 3.63) is 24.3 Å². The van der Waals surface area contributed by atoms with Gasteiger partial charge < -0.3 is 19.7 Å². The van der Waals surface area contributed by atoms with Crippen LogP contribution in [0.15, 0.2) is 24.3 Å². The Morgan fingerprint density at radius 3 is 2.43 bits per heavy atom. The van der Waals surface area contributed by atoms with Crippen molar-refractivity contribution in [2.75, 3.05) is 31.6 Å². The van der Waals surface area contributed by atoms with E-state index in [1.54, 1.807) is 4.90 Å². The first-order valence-electron chi connectivity index (χ1n) is 7.64. The maximum Gasteiger partial charge on any atom is 0.409 e. The highest BCUT2D eigenvalue weighted by molar-refractivity contribution is 5.67. The van der Waals surface area contributed by atoms with Crippen LogP contribution in [-0.4, -0.2) is 43.3 Å². The van der Waals surface area contributed by atoms with Gasteiger partial charge in [-0.3, -0.25) is 0 Å². The average Bonchev–Trinajstić information content (AvgIpc) is 2.50. The summed E-state index contributed by atoms with van der Waals surface area (Å²) in [5, 5.41) is 3.51. The lowest BCUT2D eigenvalue weighted by Crippen LogP contribution is -2.42. The van der Waals surface area contributed by atoms with Crippen molar-refractivity contribution < 1.29 is 14.3 Å². The summed E-state index contributed by atoms with van der Waals surface area (Å²) in [5.74, 6) is 0.889. The number of nitrogens with one attached hydrogen (secondary N) is 1. The summed E-state index contributed by atoms with van der Waals surface area (Å²) in [5.41, 5.74) is 1.09. The van der Waals surface area contributed by atoms with Gasteiger partial charge in [-0.2, -0.15) is 0 Å². The van der Waals surface area contributed by atoms with E-state index in [9.17, 15) is 4.79 Å². The smallest absolute Gasteiger partial charge is 0.409 e. The number of carbonyl (C=O) groups is 1. The molecule has 0 radical (unpaired) electrons. The molecule has 0 unspecified atom stereocenters. The number of hydrogen-bond acceptors (Lipinski definition) is 4. The molecular weight excluding hydrogens is 268 g/mol. The number of rotatable bonds is 5. The van der Waals surface area contributed by atoms with Gasteiger partial charge in [-0.25, -0.2) is 4.79 Å². The van der Waals surface area contributed by atoms with Gasteiger partial charge >= 0.3 is 6.09 Å². The highest BCUT2D eigenvalue weighted by atomic mass is 16.6. The number of hydrogen-bond donors (Lipinski definition) is 1. The fourth-order valence-electron chi connectivity index (χ4n) is 2.47. The van der Waals surface area contributed by atoms with Crippen LogP contribution in [0.3, 0.4) is 0 Å². The Labute approximate surface area is 126 Å². The Hall–Kier alpha value is -1.91. The van der Waals surface area contributed by atoms with Crippen LogP contribution >= 0.6 is 0 Å². The first-order chi connectivity index (χ1) is 10.2. The van der Waals surface area contributed by atoms with Crippen molar-refractivity contribution in [1.82, 2.24) is 4.90 Å². The minimum atomic E-state index is -0.197. The number of piperidine rings is 1. The van der Waals surface area contributed by atoms with Gasteiger partial charge in [0.15, 0.2) is 0 Å². The van der Waals surface area contributed by atoms with E-state index in [2.05, 4.69) is 5.32 Å². The Morgan fingerprint density at radius 1 is 1.19 bits per heavy atom. The first kappa shape index (κ1) is 15.5. The van der Waals surface area contributed by atoms with E-state index >= 15 is 0 Å². The molecule has 0 spiro atoms. The summed E-state index contributed by atoms with van der Waals surface area (Å²) >= 11 is 0. The molecule has 1 N–H and O–H groups in total. The average molecular weight is 292 g/mol. The molecule has 0 aromatic heterocycles. The molecule has 1 amide bonds. The van der Waals surface area contributed by atoms with Crippen LogP contribution in [0.1, 0.15) is 26.7 Å². The number of anilines is 1. The summed E-state index contributed by atoms with van der Waals surface area (Å²) in [6, 6.07) is 8.40. The van der Waals surface area contributed by atoms with E-state index in [0.29, 0.717) is 19.3 Å². The number of ether oxygens (including phenoxy) is 2. The first-order valence-corrected chi connectivity index (χ1v) is 7.64. The second kappa shape index (κ2) is 7.76. The van der Waals surface area contributed by atoms with E-state index in [0.717, 1.165) is 37.4 Å². The second-order valence-corrected chi connectivity index (χ2v) is 5.06. The monoisotopic (exact) mass is 292 g/mol. The number of nitrogens with zero attached hydrogens (tertiary/aromatic N) is 1. The van der Waals surface area contributed by atoms with E-state index in [4.69, 9.17) is 9.47 Å². The fourth-order valence-corrected chi connectivity index (χ4v) is 2.47.